The van der Waals surface area contributed by atoms with Crippen molar-refractivity contribution in [3.63, 3.8) is 0 Å². The van der Waals surface area contributed by atoms with E-state index in [2.05, 4.69) is 10.2 Å². The van der Waals surface area contributed by atoms with E-state index in [1.54, 1.807) is 12.2 Å². The van der Waals surface area contributed by atoms with Crippen LogP contribution < -0.4 is 21.0 Å². The van der Waals surface area contributed by atoms with E-state index in [9.17, 15) is 5.11 Å². The van der Waals surface area contributed by atoms with E-state index in [0.717, 1.165) is 30.0 Å². The minimum absolute atomic E-state index is 0.265. The third kappa shape index (κ3) is 2.69. The number of β-amino-alcohol motifs (C(OH)–C–C–N with tert-alkyl or cyclic N) is 1. The third-order valence-electron chi connectivity index (χ3n) is 3.53. The lowest BCUT2D eigenvalue weighted by Gasteiger charge is -2.25. The Hall–Kier alpha value is -1.66. The number of hydrogen-bond donors (Lipinski definition) is 3. The van der Waals surface area contributed by atoms with E-state index >= 15 is 0 Å². The molecule has 1 saturated heterocycles. The minimum atomic E-state index is -0.265. The Labute approximate surface area is 113 Å². The molecule has 4 N–H and O–H groups in total. The first-order valence-corrected chi connectivity index (χ1v) is 6.39. The normalized spacial score (nSPS) is 18.7. The highest BCUT2D eigenvalue weighted by molar-refractivity contribution is 5.83. The van der Waals surface area contributed by atoms with Gasteiger partial charge in [-0.15, -0.1) is 0 Å². The number of anilines is 4. The molecule has 19 heavy (non-hydrogen) atoms. The van der Waals surface area contributed by atoms with E-state index in [0.29, 0.717) is 12.2 Å². The molecular formula is C13H22N4O2. The number of benzene rings is 1. The molecule has 0 spiro atoms. The number of aliphatic hydroxyl groups excluding tert-OH is 1. The first kappa shape index (κ1) is 13.8. The molecule has 0 saturated carbocycles. The van der Waals surface area contributed by atoms with Gasteiger partial charge < -0.3 is 21.1 Å². The molecule has 0 unspecified atom stereocenters. The summed E-state index contributed by atoms with van der Waals surface area (Å²) in [6.07, 6.45) is 0.521. The van der Waals surface area contributed by atoms with Crippen LogP contribution in [-0.4, -0.2) is 45.5 Å². The van der Waals surface area contributed by atoms with Gasteiger partial charge in [-0.1, -0.05) is 0 Å². The molecule has 1 aromatic rings. The van der Waals surface area contributed by atoms with Gasteiger partial charge in [0.1, 0.15) is 0 Å². The van der Waals surface area contributed by atoms with Gasteiger partial charge in [-0.25, -0.2) is 0 Å². The van der Waals surface area contributed by atoms with E-state index in [1.165, 1.54) is 0 Å². The van der Waals surface area contributed by atoms with Gasteiger partial charge in [0, 0.05) is 27.2 Å². The molecule has 1 aliphatic heterocycles. The van der Waals surface area contributed by atoms with Crippen LogP contribution in [0.15, 0.2) is 12.1 Å². The Morgan fingerprint density at radius 2 is 2.26 bits per heavy atom. The molecule has 0 radical (unpaired) electrons. The zero-order valence-corrected chi connectivity index (χ0v) is 11.7. The molecule has 1 aromatic carbocycles. The molecule has 1 fully saturated rings. The SMILES string of the molecule is CNc1cc(N2CC[C@@H](O)C2)c(N)cc1N(C)OC. The molecule has 0 amide bonds. The summed E-state index contributed by atoms with van der Waals surface area (Å²) in [7, 11) is 5.30. The van der Waals surface area contributed by atoms with Crippen LogP contribution in [0.4, 0.5) is 22.7 Å². The number of nitrogens with two attached hydrogens (primary N) is 1. The molecule has 0 aliphatic carbocycles. The third-order valence-corrected chi connectivity index (χ3v) is 3.53. The van der Waals surface area contributed by atoms with Crippen molar-refractivity contribution in [3.05, 3.63) is 12.1 Å². The number of rotatable bonds is 4. The number of hydroxylamine groups is 1. The van der Waals surface area contributed by atoms with Crippen LogP contribution in [0.5, 0.6) is 0 Å². The second-order valence-electron chi connectivity index (χ2n) is 4.75. The van der Waals surface area contributed by atoms with Crippen LogP contribution in [0, 0.1) is 0 Å². The van der Waals surface area contributed by atoms with Crippen molar-refractivity contribution in [2.24, 2.45) is 0 Å². The van der Waals surface area contributed by atoms with Gasteiger partial charge in [-0.3, -0.25) is 9.90 Å². The summed E-state index contributed by atoms with van der Waals surface area (Å²) in [6, 6.07) is 3.88. The fourth-order valence-electron chi connectivity index (χ4n) is 2.39. The lowest BCUT2D eigenvalue weighted by atomic mass is 10.2. The average molecular weight is 266 g/mol. The van der Waals surface area contributed by atoms with Crippen molar-refractivity contribution in [2.45, 2.75) is 12.5 Å². The minimum Gasteiger partial charge on any atom is -0.397 e. The molecule has 6 nitrogen and oxygen atoms in total. The maximum atomic E-state index is 9.63. The number of nitrogen functional groups attached to an aromatic ring is 1. The molecule has 2 rings (SSSR count). The number of nitrogens with zero attached hydrogens (tertiary/aromatic N) is 2. The Bertz CT molecular complexity index is 453. The largest absolute Gasteiger partial charge is 0.397 e. The highest BCUT2D eigenvalue weighted by Crippen LogP contribution is 2.36. The molecule has 1 aliphatic rings. The van der Waals surface area contributed by atoms with Crippen LogP contribution in [0.2, 0.25) is 0 Å². The quantitative estimate of drug-likeness (QED) is 0.555. The Balaban J connectivity index is 2.36. The van der Waals surface area contributed by atoms with Gasteiger partial charge in [-0.05, 0) is 18.6 Å². The molecule has 1 atom stereocenters. The van der Waals surface area contributed by atoms with Crippen molar-refractivity contribution < 1.29 is 9.94 Å². The zero-order chi connectivity index (χ0) is 14.0. The number of hydrogen-bond acceptors (Lipinski definition) is 6. The van der Waals surface area contributed by atoms with Crippen LogP contribution in [-0.2, 0) is 4.84 Å². The molecule has 0 aromatic heterocycles. The first-order chi connectivity index (χ1) is 9.06. The molecule has 0 bridgehead atoms. The smallest absolute Gasteiger partial charge is 0.0886 e. The molecule has 106 valence electrons. The monoisotopic (exact) mass is 266 g/mol. The molecular weight excluding hydrogens is 244 g/mol. The van der Waals surface area contributed by atoms with Crippen molar-refractivity contribution in [3.8, 4) is 0 Å². The fraction of sp³-hybridized carbons (Fsp3) is 0.538. The highest BCUT2D eigenvalue weighted by Gasteiger charge is 2.23. The topological polar surface area (TPSA) is 74.0 Å². The van der Waals surface area contributed by atoms with Crippen molar-refractivity contribution in [1.82, 2.24) is 0 Å². The summed E-state index contributed by atoms with van der Waals surface area (Å²) < 4.78 is 0. The van der Waals surface area contributed by atoms with Gasteiger partial charge in [0.25, 0.3) is 0 Å². The summed E-state index contributed by atoms with van der Waals surface area (Å²) in [5.41, 5.74) is 9.59. The number of aliphatic hydroxyl groups is 1. The summed E-state index contributed by atoms with van der Waals surface area (Å²) in [6.45, 7) is 1.46. The van der Waals surface area contributed by atoms with E-state index < -0.39 is 0 Å². The van der Waals surface area contributed by atoms with E-state index in [1.807, 2.05) is 26.2 Å². The van der Waals surface area contributed by atoms with E-state index in [-0.39, 0.29) is 6.10 Å². The van der Waals surface area contributed by atoms with E-state index in [4.69, 9.17) is 10.6 Å². The molecule has 1 heterocycles. The van der Waals surface area contributed by atoms with Crippen LogP contribution >= 0.6 is 0 Å². The lowest BCUT2D eigenvalue weighted by Crippen LogP contribution is -2.23. The summed E-state index contributed by atoms with van der Waals surface area (Å²) in [5, 5.41) is 14.4. The molecule has 6 heteroatoms. The predicted octanol–water partition coefficient (Wildman–Crippen LogP) is 0.879. The Kier molecular flexibility index (Phi) is 4.01. The van der Waals surface area contributed by atoms with Gasteiger partial charge in [0.15, 0.2) is 0 Å². The Morgan fingerprint density at radius 1 is 1.53 bits per heavy atom. The average Bonchev–Trinajstić information content (AvgIpc) is 2.84. The number of nitrogens with one attached hydrogen (secondary N) is 1. The zero-order valence-electron chi connectivity index (χ0n) is 11.7. The van der Waals surface area contributed by atoms with Crippen LogP contribution in [0.1, 0.15) is 6.42 Å². The second-order valence-corrected chi connectivity index (χ2v) is 4.75. The summed E-state index contributed by atoms with van der Waals surface area (Å²) in [4.78, 5) is 7.31. The Morgan fingerprint density at radius 3 is 2.79 bits per heavy atom. The standard InChI is InChI=1S/C13H22N4O2/c1-15-11-7-12(17-5-4-9(18)8-17)10(14)6-13(11)16(2)19-3/h6-7,9,15,18H,4-5,8,14H2,1-3H3/t9-/m1/s1. The van der Waals surface area contributed by atoms with Gasteiger partial charge >= 0.3 is 0 Å². The van der Waals surface area contributed by atoms with Crippen LogP contribution in [0.25, 0.3) is 0 Å². The summed E-state index contributed by atoms with van der Waals surface area (Å²) >= 11 is 0. The predicted molar refractivity (Wildman–Crippen MR) is 78.6 cm³/mol. The van der Waals surface area contributed by atoms with Gasteiger partial charge in [0.2, 0.25) is 0 Å². The maximum absolute atomic E-state index is 9.63. The van der Waals surface area contributed by atoms with Gasteiger partial charge in [-0.2, -0.15) is 0 Å². The fourth-order valence-corrected chi connectivity index (χ4v) is 2.39. The maximum Gasteiger partial charge on any atom is 0.0886 e. The van der Waals surface area contributed by atoms with Crippen molar-refractivity contribution in [2.75, 3.05) is 55.3 Å². The van der Waals surface area contributed by atoms with Crippen LogP contribution in [0.3, 0.4) is 0 Å². The highest BCUT2D eigenvalue weighted by atomic mass is 16.7. The van der Waals surface area contributed by atoms with Gasteiger partial charge in [0.05, 0.1) is 36.0 Å². The van der Waals surface area contributed by atoms with Crippen molar-refractivity contribution >= 4 is 22.7 Å². The second kappa shape index (κ2) is 5.54. The summed E-state index contributed by atoms with van der Waals surface area (Å²) in [5.74, 6) is 0. The van der Waals surface area contributed by atoms with Crippen molar-refractivity contribution in [1.29, 1.82) is 0 Å². The lowest BCUT2D eigenvalue weighted by molar-refractivity contribution is 0.185. The first-order valence-electron chi connectivity index (χ1n) is 6.39.